The van der Waals surface area contributed by atoms with Crippen LogP contribution < -0.4 is 5.73 Å². The lowest BCUT2D eigenvalue weighted by Gasteiger charge is -2.05. The molecule has 0 aliphatic carbocycles. The molecule has 3 N–H and O–H groups in total. The smallest absolute Gasteiger partial charge is 0.0815 e. The van der Waals surface area contributed by atoms with E-state index in [4.69, 9.17) is 17.3 Å². The molecule has 3 nitrogen and oxygen atoms in total. The lowest BCUT2D eigenvalue weighted by atomic mass is 10.1. The molecule has 1 aromatic heterocycles. The van der Waals surface area contributed by atoms with Gasteiger partial charge in [-0.2, -0.15) is 5.10 Å². The predicted molar refractivity (Wildman–Crippen MR) is 52.8 cm³/mol. The van der Waals surface area contributed by atoms with Crippen molar-refractivity contribution in [1.82, 2.24) is 10.2 Å². The van der Waals surface area contributed by atoms with Gasteiger partial charge < -0.3 is 5.73 Å². The highest BCUT2D eigenvalue weighted by molar-refractivity contribution is 6.31. The molecule has 1 atom stereocenters. The molecule has 5 heteroatoms. The third kappa shape index (κ3) is 3.01. The normalized spacial score (nSPS) is 12.2. The van der Waals surface area contributed by atoms with Crippen molar-refractivity contribution < 1.29 is 0 Å². The highest BCUT2D eigenvalue weighted by Gasteiger charge is 2.06. The number of rotatable bonds is 3. The van der Waals surface area contributed by atoms with Gasteiger partial charge in [0.05, 0.1) is 16.9 Å². The Morgan fingerprint density at radius 2 is 2.42 bits per heavy atom. The minimum atomic E-state index is 0. The van der Waals surface area contributed by atoms with Gasteiger partial charge in [-0.05, 0) is 6.42 Å². The second kappa shape index (κ2) is 5.41. The van der Waals surface area contributed by atoms with Crippen LogP contribution in [0.25, 0.3) is 0 Å². The summed E-state index contributed by atoms with van der Waals surface area (Å²) in [5.74, 6) is 0. The van der Waals surface area contributed by atoms with Crippen molar-refractivity contribution in [3.8, 4) is 0 Å². The Morgan fingerprint density at radius 3 is 2.83 bits per heavy atom. The molecule has 1 rings (SSSR count). The van der Waals surface area contributed by atoms with Gasteiger partial charge in [0.15, 0.2) is 0 Å². The largest absolute Gasteiger partial charge is 0.327 e. The molecule has 1 aromatic rings. The minimum Gasteiger partial charge on any atom is -0.327 e. The summed E-state index contributed by atoms with van der Waals surface area (Å²) in [4.78, 5) is 0. The molecule has 0 aliphatic rings. The van der Waals surface area contributed by atoms with Gasteiger partial charge in [-0.3, -0.25) is 5.10 Å². The lowest BCUT2D eigenvalue weighted by molar-refractivity contribution is 0.635. The van der Waals surface area contributed by atoms with Gasteiger partial charge in [-0.1, -0.05) is 18.5 Å². The van der Waals surface area contributed by atoms with E-state index >= 15 is 0 Å². The van der Waals surface area contributed by atoms with E-state index in [2.05, 4.69) is 17.1 Å². The van der Waals surface area contributed by atoms with Crippen molar-refractivity contribution in [3.05, 3.63) is 16.9 Å². The Kier molecular flexibility index (Phi) is 5.29. The van der Waals surface area contributed by atoms with Gasteiger partial charge in [0.1, 0.15) is 0 Å². The van der Waals surface area contributed by atoms with Gasteiger partial charge in [-0.15, -0.1) is 12.4 Å². The van der Waals surface area contributed by atoms with E-state index in [0.717, 1.165) is 18.5 Å². The molecule has 1 heterocycles. The molecule has 0 amide bonds. The molecule has 0 bridgehead atoms. The predicted octanol–water partition coefficient (Wildman–Crippen LogP) is 1.76. The summed E-state index contributed by atoms with van der Waals surface area (Å²) >= 11 is 5.79. The zero-order chi connectivity index (χ0) is 8.27. The minimum absolute atomic E-state index is 0. The van der Waals surface area contributed by atoms with Crippen LogP contribution in [0.4, 0.5) is 0 Å². The van der Waals surface area contributed by atoms with Crippen molar-refractivity contribution in [2.75, 3.05) is 0 Å². The van der Waals surface area contributed by atoms with E-state index in [1.807, 2.05) is 0 Å². The third-order valence-corrected chi connectivity index (χ3v) is 1.98. The molecule has 0 fully saturated rings. The average molecular weight is 210 g/mol. The maximum absolute atomic E-state index is 5.79. The number of halogens is 2. The Hall–Kier alpha value is -0.250. The fourth-order valence-corrected chi connectivity index (χ4v) is 1.02. The van der Waals surface area contributed by atoms with Crippen molar-refractivity contribution in [3.63, 3.8) is 0 Å². The molecule has 1 unspecified atom stereocenters. The molecular formula is C7H13Cl2N3. The maximum atomic E-state index is 5.79. The summed E-state index contributed by atoms with van der Waals surface area (Å²) in [6.45, 7) is 2.05. The number of H-pyrrole nitrogens is 1. The fraction of sp³-hybridized carbons (Fsp3) is 0.571. The van der Waals surface area contributed by atoms with Gasteiger partial charge in [0.2, 0.25) is 0 Å². The van der Waals surface area contributed by atoms with Crippen molar-refractivity contribution in [1.29, 1.82) is 0 Å². The monoisotopic (exact) mass is 209 g/mol. The van der Waals surface area contributed by atoms with E-state index in [-0.39, 0.29) is 18.4 Å². The topological polar surface area (TPSA) is 54.7 Å². The lowest BCUT2D eigenvalue weighted by Crippen LogP contribution is -2.21. The highest BCUT2D eigenvalue weighted by atomic mass is 35.5. The summed E-state index contributed by atoms with van der Waals surface area (Å²) < 4.78 is 0. The van der Waals surface area contributed by atoms with Gasteiger partial charge in [-0.25, -0.2) is 0 Å². The zero-order valence-corrected chi connectivity index (χ0v) is 8.45. The van der Waals surface area contributed by atoms with E-state index in [0.29, 0.717) is 5.02 Å². The van der Waals surface area contributed by atoms with Crippen LogP contribution >= 0.6 is 24.0 Å². The van der Waals surface area contributed by atoms with Crippen LogP contribution in [0.2, 0.25) is 5.02 Å². The number of nitrogens with one attached hydrogen (secondary N) is 1. The number of hydrogen-bond donors (Lipinski definition) is 2. The van der Waals surface area contributed by atoms with Gasteiger partial charge >= 0.3 is 0 Å². The summed E-state index contributed by atoms with van der Waals surface area (Å²) in [6.07, 6.45) is 3.32. The summed E-state index contributed by atoms with van der Waals surface area (Å²) in [6, 6.07) is 0.174. The first-order valence-corrected chi connectivity index (χ1v) is 4.05. The maximum Gasteiger partial charge on any atom is 0.0815 e. The van der Waals surface area contributed by atoms with Gasteiger partial charge in [0, 0.05) is 12.5 Å². The first-order valence-electron chi connectivity index (χ1n) is 3.67. The van der Waals surface area contributed by atoms with Crippen LogP contribution in [0.1, 0.15) is 19.0 Å². The van der Waals surface area contributed by atoms with Crippen LogP contribution in [0, 0.1) is 0 Å². The molecule has 0 saturated carbocycles. The van der Waals surface area contributed by atoms with E-state index in [1.165, 1.54) is 0 Å². The SMILES string of the molecule is CCC(N)Cc1[nH]ncc1Cl.Cl. The number of aromatic nitrogens is 2. The van der Waals surface area contributed by atoms with E-state index < -0.39 is 0 Å². The molecule has 0 aromatic carbocycles. The Balaban J connectivity index is 0.00000121. The van der Waals surface area contributed by atoms with Crippen LogP contribution in [0.5, 0.6) is 0 Å². The van der Waals surface area contributed by atoms with Crippen LogP contribution in [0.3, 0.4) is 0 Å². The molecule has 70 valence electrons. The zero-order valence-electron chi connectivity index (χ0n) is 6.88. The molecule has 0 radical (unpaired) electrons. The standard InChI is InChI=1S/C7H12ClN3.ClH/c1-2-5(9)3-7-6(8)4-10-11-7;/h4-5H,2-3,9H2,1H3,(H,10,11);1H. The Labute approximate surface area is 83.1 Å². The average Bonchev–Trinajstić information content (AvgIpc) is 2.37. The van der Waals surface area contributed by atoms with Crippen molar-refractivity contribution >= 4 is 24.0 Å². The summed E-state index contributed by atoms with van der Waals surface area (Å²) in [5.41, 5.74) is 6.66. The first kappa shape index (κ1) is 11.8. The van der Waals surface area contributed by atoms with Gasteiger partial charge in [0.25, 0.3) is 0 Å². The molecular weight excluding hydrogens is 197 g/mol. The number of hydrogen-bond acceptors (Lipinski definition) is 2. The van der Waals surface area contributed by atoms with E-state index in [9.17, 15) is 0 Å². The second-order valence-corrected chi connectivity index (χ2v) is 2.98. The Bertz CT molecular complexity index is 224. The van der Waals surface area contributed by atoms with Crippen molar-refractivity contribution in [2.24, 2.45) is 5.73 Å². The van der Waals surface area contributed by atoms with E-state index in [1.54, 1.807) is 6.20 Å². The van der Waals surface area contributed by atoms with Crippen molar-refractivity contribution in [2.45, 2.75) is 25.8 Å². The second-order valence-electron chi connectivity index (χ2n) is 2.57. The Morgan fingerprint density at radius 1 is 1.75 bits per heavy atom. The van der Waals surface area contributed by atoms with Crippen LogP contribution in [-0.4, -0.2) is 16.2 Å². The van der Waals surface area contributed by atoms with Crippen LogP contribution in [-0.2, 0) is 6.42 Å². The number of nitrogens with zero attached hydrogens (tertiary/aromatic N) is 1. The third-order valence-electron chi connectivity index (χ3n) is 1.66. The molecule has 0 spiro atoms. The molecule has 0 aliphatic heterocycles. The first-order chi connectivity index (χ1) is 5.24. The molecule has 0 saturated heterocycles. The van der Waals surface area contributed by atoms with Crippen LogP contribution in [0.15, 0.2) is 6.20 Å². The number of aromatic amines is 1. The number of nitrogens with two attached hydrogens (primary N) is 1. The fourth-order valence-electron chi connectivity index (χ4n) is 0.848. The molecule has 12 heavy (non-hydrogen) atoms. The summed E-state index contributed by atoms with van der Waals surface area (Å²) in [7, 11) is 0. The summed E-state index contributed by atoms with van der Waals surface area (Å²) in [5, 5.41) is 7.28. The quantitative estimate of drug-likeness (QED) is 0.798. The highest BCUT2D eigenvalue weighted by Crippen LogP contribution is 2.13.